The molecule has 1 aromatic heterocycles. The molecule has 0 fully saturated rings. The van der Waals surface area contributed by atoms with Crippen LogP contribution >= 0.6 is 0 Å². The first-order chi connectivity index (χ1) is 9.01. The second-order valence-corrected chi connectivity index (χ2v) is 4.43. The van der Waals surface area contributed by atoms with Crippen LogP contribution in [0.3, 0.4) is 0 Å². The number of benzene rings is 1. The van der Waals surface area contributed by atoms with Crippen molar-refractivity contribution in [3.05, 3.63) is 41.0 Å². The van der Waals surface area contributed by atoms with Crippen LogP contribution in [0.5, 0.6) is 0 Å². The Balaban J connectivity index is 2.40. The molecule has 0 atom stereocenters. The standard InChI is InChI=1S/C14H17FN4/c1-8-7-11(15)5-6-12(8)19-14-9(2)13(16-4)17-10(3)18-14/h5-7H,1-4H3,(H2,16,17,18,19). The highest BCUT2D eigenvalue weighted by molar-refractivity contribution is 5.66. The summed E-state index contributed by atoms with van der Waals surface area (Å²) in [5.41, 5.74) is 2.60. The maximum atomic E-state index is 13.1. The van der Waals surface area contributed by atoms with Gasteiger partial charge in [-0.05, 0) is 44.5 Å². The summed E-state index contributed by atoms with van der Waals surface area (Å²) >= 11 is 0. The quantitative estimate of drug-likeness (QED) is 0.888. The van der Waals surface area contributed by atoms with Gasteiger partial charge >= 0.3 is 0 Å². The molecule has 2 rings (SSSR count). The van der Waals surface area contributed by atoms with Gasteiger partial charge in [0.2, 0.25) is 0 Å². The van der Waals surface area contributed by atoms with Gasteiger partial charge in [0, 0.05) is 18.3 Å². The van der Waals surface area contributed by atoms with Crippen LogP contribution in [0.15, 0.2) is 18.2 Å². The lowest BCUT2D eigenvalue weighted by Crippen LogP contribution is -2.05. The van der Waals surface area contributed by atoms with Crippen LogP contribution in [0.1, 0.15) is 17.0 Å². The molecule has 0 aliphatic heterocycles. The van der Waals surface area contributed by atoms with E-state index in [9.17, 15) is 4.39 Å². The highest BCUT2D eigenvalue weighted by Crippen LogP contribution is 2.25. The summed E-state index contributed by atoms with van der Waals surface area (Å²) in [5, 5.41) is 6.26. The Kier molecular flexibility index (Phi) is 3.64. The minimum atomic E-state index is -0.241. The molecule has 0 aliphatic carbocycles. The number of anilines is 3. The maximum Gasteiger partial charge on any atom is 0.139 e. The Labute approximate surface area is 112 Å². The van der Waals surface area contributed by atoms with Gasteiger partial charge in [0.15, 0.2) is 0 Å². The number of hydrogen-bond donors (Lipinski definition) is 2. The predicted molar refractivity (Wildman–Crippen MR) is 75.5 cm³/mol. The molecule has 0 saturated heterocycles. The predicted octanol–water partition coefficient (Wildman–Crippen LogP) is 3.33. The van der Waals surface area contributed by atoms with Crippen LogP contribution in [0.25, 0.3) is 0 Å². The lowest BCUT2D eigenvalue weighted by atomic mass is 10.2. The number of aromatic nitrogens is 2. The Morgan fingerprint density at radius 1 is 1.05 bits per heavy atom. The van der Waals surface area contributed by atoms with E-state index < -0.39 is 0 Å². The van der Waals surface area contributed by atoms with Gasteiger partial charge in [-0.15, -0.1) is 0 Å². The molecule has 1 heterocycles. The summed E-state index contributed by atoms with van der Waals surface area (Å²) in [6.07, 6.45) is 0. The summed E-state index contributed by atoms with van der Waals surface area (Å²) < 4.78 is 13.1. The van der Waals surface area contributed by atoms with Crippen LogP contribution in [0.4, 0.5) is 21.7 Å². The van der Waals surface area contributed by atoms with Crippen molar-refractivity contribution in [2.75, 3.05) is 17.7 Å². The molecule has 100 valence electrons. The zero-order valence-electron chi connectivity index (χ0n) is 11.5. The molecule has 4 nitrogen and oxygen atoms in total. The van der Waals surface area contributed by atoms with Gasteiger partial charge in [-0.1, -0.05) is 0 Å². The molecule has 5 heteroatoms. The second-order valence-electron chi connectivity index (χ2n) is 4.43. The Morgan fingerprint density at radius 3 is 2.37 bits per heavy atom. The van der Waals surface area contributed by atoms with Crippen LogP contribution in [0.2, 0.25) is 0 Å². The molecule has 0 aliphatic rings. The molecule has 0 unspecified atom stereocenters. The number of hydrogen-bond acceptors (Lipinski definition) is 4. The molecular weight excluding hydrogens is 243 g/mol. The van der Waals surface area contributed by atoms with Gasteiger partial charge in [-0.25, -0.2) is 14.4 Å². The largest absolute Gasteiger partial charge is 0.373 e. The minimum Gasteiger partial charge on any atom is -0.373 e. The van der Waals surface area contributed by atoms with Gasteiger partial charge in [0.25, 0.3) is 0 Å². The highest BCUT2D eigenvalue weighted by Gasteiger charge is 2.09. The Hall–Kier alpha value is -2.17. The second kappa shape index (κ2) is 5.22. The zero-order chi connectivity index (χ0) is 14.0. The van der Waals surface area contributed by atoms with Crippen LogP contribution in [-0.4, -0.2) is 17.0 Å². The molecule has 0 saturated carbocycles. The molecule has 0 radical (unpaired) electrons. The van der Waals surface area contributed by atoms with E-state index in [4.69, 9.17) is 0 Å². The zero-order valence-corrected chi connectivity index (χ0v) is 11.5. The normalized spacial score (nSPS) is 10.4. The molecular formula is C14H17FN4. The topological polar surface area (TPSA) is 49.8 Å². The van der Waals surface area contributed by atoms with Crippen LogP contribution < -0.4 is 10.6 Å². The number of rotatable bonds is 3. The number of halogens is 1. The SMILES string of the molecule is CNc1nc(C)nc(Nc2ccc(F)cc2C)c1C. The first-order valence-corrected chi connectivity index (χ1v) is 6.07. The highest BCUT2D eigenvalue weighted by atomic mass is 19.1. The first-order valence-electron chi connectivity index (χ1n) is 6.07. The first kappa shape index (κ1) is 13.3. The molecule has 0 spiro atoms. The third kappa shape index (κ3) is 2.81. The summed E-state index contributed by atoms with van der Waals surface area (Å²) in [4.78, 5) is 8.69. The van der Waals surface area contributed by atoms with Crippen molar-refractivity contribution in [3.63, 3.8) is 0 Å². The third-order valence-electron chi connectivity index (χ3n) is 2.94. The molecule has 2 aromatic rings. The Bertz CT molecular complexity index is 611. The van der Waals surface area contributed by atoms with Crippen LogP contribution in [0, 0.1) is 26.6 Å². The monoisotopic (exact) mass is 260 g/mol. The van der Waals surface area contributed by atoms with Gasteiger partial charge < -0.3 is 10.6 Å². The number of nitrogens with zero attached hydrogens (tertiary/aromatic N) is 2. The van der Waals surface area contributed by atoms with Crippen molar-refractivity contribution in [1.82, 2.24) is 9.97 Å². The van der Waals surface area contributed by atoms with Gasteiger partial charge in [0.05, 0.1) is 0 Å². The number of nitrogens with one attached hydrogen (secondary N) is 2. The average Bonchev–Trinajstić information content (AvgIpc) is 2.36. The van der Waals surface area contributed by atoms with E-state index in [0.29, 0.717) is 5.82 Å². The number of aryl methyl sites for hydroxylation is 2. The van der Waals surface area contributed by atoms with E-state index in [2.05, 4.69) is 20.6 Å². The fourth-order valence-corrected chi connectivity index (χ4v) is 1.89. The Morgan fingerprint density at radius 2 is 1.74 bits per heavy atom. The van der Waals surface area contributed by atoms with Gasteiger partial charge in [0.1, 0.15) is 23.3 Å². The van der Waals surface area contributed by atoms with Crippen molar-refractivity contribution in [3.8, 4) is 0 Å². The van der Waals surface area contributed by atoms with Crippen molar-refractivity contribution < 1.29 is 4.39 Å². The summed E-state index contributed by atoms with van der Waals surface area (Å²) in [6.45, 7) is 5.63. The van der Waals surface area contributed by atoms with E-state index in [1.54, 1.807) is 6.07 Å². The average molecular weight is 260 g/mol. The van der Waals surface area contributed by atoms with Crippen molar-refractivity contribution in [1.29, 1.82) is 0 Å². The van der Waals surface area contributed by atoms with Crippen molar-refractivity contribution in [2.45, 2.75) is 20.8 Å². The van der Waals surface area contributed by atoms with Gasteiger partial charge in [-0.2, -0.15) is 0 Å². The molecule has 1 aromatic carbocycles. The minimum absolute atomic E-state index is 0.241. The third-order valence-corrected chi connectivity index (χ3v) is 2.94. The van der Waals surface area contributed by atoms with Crippen molar-refractivity contribution in [2.24, 2.45) is 0 Å². The fraction of sp³-hybridized carbons (Fsp3) is 0.286. The van der Waals surface area contributed by atoms with E-state index in [-0.39, 0.29) is 5.82 Å². The summed E-state index contributed by atoms with van der Waals surface area (Å²) in [7, 11) is 1.82. The lowest BCUT2D eigenvalue weighted by Gasteiger charge is -2.14. The smallest absolute Gasteiger partial charge is 0.139 e. The summed E-state index contributed by atoms with van der Waals surface area (Å²) in [5.74, 6) is 1.95. The maximum absolute atomic E-state index is 13.1. The van der Waals surface area contributed by atoms with E-state index >= 15 is 0 Å². The molecule has 19 heavy (non-hydrogen) atoms. The molecule has 0 amide bonds. The van der Waals surface area contributed by atoms with E-state index in [1.165, 1.54) is 12.1 Å². The molecule has 2 N–H and O–H groups in total. The van der Waals surface area contributed by atoms with Crippen molar-refractivity contribution >= 4 is 17.3 Å². The van der Waals surface area contributed by atoms with E-state index in [1.807, 2.05) is 27.8 Å². The van der Waals surface area contributed by atoms with Gasteiger partial charge in [-0.3, -0.25) is 0 Å². The lowest BCUT2D eigenvalue weighted by molar-refractivity contribution is 0.627. The van der Waals surface area contributed by atoms with E-state index in [0.717, 1.165) is 28.5 Å². The molecule has 0 bridgehead atoms. The van der Waals surface area contributed by atoms with Crippen LogP contribution in [-0.2, 0) is 0 Å². The fourth-order valence-electron chi connectivity index (χ4n) is 1.89. The summed E-state index contributed by atoms with van der Waals surface area (Å²) in [6, 6.07) is 4.63.